The molecule has 3 heterocycles. The predicted molar refractivity (Wildman–Crippen MR) is 132 cm³/mol. The molecule has 0 bridgehead atoms. The number of carbonyl (C=O) groups is 3. The minimum Gasteiger partial charge on any atom is -0.352 e. The molecule has 0 aliphatic carbocycles. The van der Waals surface area contributed by atoms with E-state index in [4.69, 9.17) is 0 Å². The summed E-state index contributed by atoms with van der Waals surface area (Å²) in [6, 6.07) is 17.4. The maximum absolute atomic E-state index is 13.3. The van der Waals surface area contributed by atoms with Gasteiger partial charge in [-0.25, -0.2) is 14.3 Å². The highest BCUT2D eigenvalue weighted by Crippen LogP contribution is 2.29. The van der Waals surface area contributed by atoms with E-state index < -0.39 is 17.6 Å². The Morgan fingerprint density at radius 2 is 1.50 bits per heavy atom. The molecule has 2 aliphatic rings. The van der Waals surface area contributed by atoms with Crippen molar-refractivity contribution in [3.63, 3.8) is 0 Å². The van der Waals surface area contributed by atoms with Crippen LogP contribution in [0.1, 0.15) is 31.1 Å². The largest absolute Gasteiger partial charge is 0.352 e. The molecule has 0 saturated carbocycles. The lowest BCUT2D eigenvalue weighted by molar-refractivity contribution is 0.0746. The highest BCUT2D eigenvalue weighted by atomic mass is 19.1. The number of hydrogen-bond donors (Lipinski definition) is 0. The van der Waals surface area contributed by atoms with Crippen LogP contribution in [0.2, 0.25) is 0 Å². The Balaban J connectivity index is 1.17. The van der Waals surface area contributed by atoms with Gasteiger partial charge >= 0.3 is 0 Å². The Labute approximate surface area is 205 Å². The fourth-order valence-corrected chi connectivity index (χ4v) is 4.62. The topological polar surface area (TPSA) is 86.7 Å². The number of para-hydroxylation sites is 2. The first-order valence-electron chi connectivity index (χ1n) is 11.5. The number of anilines is 2. The molecular formula is C27H20FN5O3. The predicted octanol–water partition coefficient (Wildman–Crippen LogP) is 3.53. The third-order valence-electron chi connectivity index (χ3n) is 6.55. The zero-order valence-corrected chi connectivity index (χ0v) is 19.1. The molecule has 9 heteroatoms. The number of rotatable bonds is 3. The number of aromatic nitrogens is 2. The summed E-state index contributed by atoms with van der Waals surface area (Å²) in [5.41, 5.74) is 2.66. The zero-order valence-electron chi connectivity index (χ0n) is 19.1. The summed E-state index contributed by atoms with van der Waals surface area (Å²) >= 11 is 0. The van der Waals surface area contributed by atoms with E-state index in [0.717, 1.165) is 21.8 Å². The van der Waals surface area contributed by atoms with Crippen molar-refractivity contribution in [1.82, 2.24) is 14.9 Å². The number of nitrogens with zero attached hydrogens (tertiary/aromatic N) is 5. The van der Waals surface area contributed by atoms with Crippen molar-refractivity contribution in [2.24, 2.45) is 0 Å². The van der Waals surface area contributed by atoms with E-state index in [-0.39, 0.29) is 22.7 Å². The first-order chi connectivity index (χ1) is 17.5. The number of halogens is 1. The lowest BCUT2D eigenvalue weighted by atomic mass is 10.0. The lowest BCUT2D eigenvalue weighted by Gasteiger charge is -2.35. The molecule has 1 saturated heterocycles. The van der Waals surface area contributed by atoms with Crippen molar-refractivity contribution in [3.05, 3.63) is 95.4 Å². The van der Waals surface area contributed by atoms with Gasteiger partial charge in [0.15, 0.2) is 0 Å². The molecule has 4 aromatic rings. The molecule has 0 spiro atoms. The van der Waals surface area contributed by atoms with E-state index in [1.165, 1.54) is 36.4 Å². The Morgan fingerprint density at radius 1 is 0.806 bits per heavy atom. The molecule has 2 aliphatic heterocycles. The standard InChI is InChI=1S/C27H20FN5O3/c28-18-6-8-19(9-7-18)33-26(35)20-10-5-17(15-21(20)27(33)36)25(34)32-13-11-31(12-14-32)24-16-29-22-3-1-2-4-23(22)30-24/h1-10,15-16H,11-14H2. The highest BCUT2D eigenvalue weighted by molar-refractivity contribution is 6.34. The van der Waals surface area contributed by atoms with Gasteiger partial charge in [-0.2, -0.15) is 0 Å². The zero-order chi connectivity index (χ0) is 24.8. The molecular weight excluding hydrogens is 461 g/mol. The van der Waals surface area contributed by atoms with E-state index in [1.807, 2.05) is 24.3 Å². The highest BCUT2D eigenvalue weighted by Gasteiger charge is 2.37. The van der Waals surface area contributed by atoms with Crippen LogP contribution in [0.4, 0.5) is 15.9 Å². The van der Waals surface area contributed by atoms with E-state index in [1.54, 1.807) is 17.2 Å². The SMILES string of the molecule is O=C(c1ccc2c(c1)C(=O)N(c1ccc(F)cc1)C2=O)N1CCN(c2cnc3ccccc3n2)CC1. The molecule has 6 rings (SSSR count). The van der Waals surface area contributed by atoms with Crippen molar-refractivity contribution in [3.8, 4) is 0 Å². The third-order valence-corrected chi connectivity index (χ3v) is 6.55. The average Bonchev–Trinajstić information content (AvgIpc) is 3.17. The molecule has 0 atom stereocenters. The fourth-order valence-electron chi connectivity index (χ4n) is 4.62. The van der Waals surface area contributed by atoms with Gasteiger partial charge in [-0.05, 0) is 54.6 Å². The smallest absolute Gasteiger partial charge is 0.266 e. The first-order valence-corrected chi connectivity index (χ1v) is 11.5. The number of imide groups is 1. The van der Waals surface area contributed by atoms with Gasteiger partial charge in [-0.3, -0.25) is 19.4 Å². The molecule has 0 unspecified atom stereocenters. The van der Waals surface area contributed by atoms with E-state index >= 15 is 0 Å². The van der Waals surface area contributed by atoms with Crippen LogP contribution in [0.3, 0.4) is 0 Å². The Morgan fingerprint density at radius 3 is 2.25 bits per heavy atom. The van der Waals surface area contributed by atoms with Gasteiger partial charge in [0.05, 0.1) is 34.0 Å². The summed E-state index contributed by atoms with van der Waals surface area (Å²) in [4.78, 5) is 53.0. The fraction of sp³-hybridized carbons (Fsp3) is 0.148. The lowest BCUT2D eigenvalue weighted by Crippen LogP contribution is -2.49. The second-order valence-corrected chi connectivity index (χ2v) is 8.68. The Kier molecular flexibility index (Phi) is 5.18. The van der Waals surface area contributed by atoms with Crippen molar-refractivity contribution in [2.45, 2.75) is 0 Å². The monoisotopic (exact) mass is 481 g/mol. The minimum absolute atomic E-state index is 0.167. The maximum Gasteiger partial charge on any atom is 0.266 e. The molecule has 0 radical (unpaired) electrons. The summed E-state index contributed by atoms with van der Waals surface area (Å²) < 4.78 is 13.3. The van der Waals surface area contributed by atoms with Crippen molar-refractivity contribution >= 4 is 40.3 Å². The van der Waals surface area contributed by atoms with Crippen LogP contribution < -0.4 is 9.80 Å². The van der Waals surface area contributed by atoms with Crippen LogP contribution >= 0.6 is 0 Å². The Hall–Kier alpha value is -4.66. The summed E-state index contributed by atoms with van der Waals surface area (Å²) in [6.45, 7) is 2.16. The third kappa shape index (κ3) is 3.65. The van der Waals surface area contributed by atoms with Gasteiger partial charge in [-0.1, -0.05) is 12.1 Å². The van der Waals surface area contributed by atoms with Gasteiger partial charge in [-0.15, -0.1) is 0 Å². The molecule has 0 N–H and O–H groups in total. The van der Waals surface area contributed by atoms with E-state index in [2.05, 4.69) is 14.9 Å². The van der Waals surface area contributed by atoms with Crippen LogP contribution in [0.5, 0.6) is 0 Å². The van der Waals surface area contributed by atoms with E-state index in [0.29, 0.717) is 31.7 Å². The molecule has 8 nitrogen and oxygen atoms in total. The summed E-state index contributed by atoms with van der Waals surface area (Å²) in [6.07, 6.45) is 1.75. The van der Waals surface area contributed by atoms with Gasteiger partial charge in [0, 0.05) is 31.7 Å². The molecule has 3 amide bonds. The number of fused-ring (bicyclic) bond motifs is 2. The summed E-state index contributed by atoms with van der Waals surface area (Å²) in [5.74, 6) is -0.927. The van der Waals surface area contributed by atoms with Crippen molar-refractivity contribution in [1.29, 1.82) is 0 Å². The summed E-state index contributed by atoms with van der Waals surface area (Å²) in [5, 5.41) is 0. The molecule has 3 aromatic carbocycles. The number of hydrogen-bond acceptors (Lipinski definition) is 6. The van der Waals surface area contributed by atoms with Crippen LogP contribution in [0.25, 0.3) is 11.0 Å². The molecule has 178 valence electrons. The number of benzene rings is 3. The first kappa shape index (κ1) is 21.8. The van der Waals surface area contributed by atoms with E-state index in [9.17, 15) is 18.8 Å². The summed E-state index contributed by atoms with van der Waals surface area (Å²) in [7, 11) is 0. The van der Waals surface area contributed by atoms with Crippen molar-refractivity contribution < 1.29 is 18.8 Å². The quantitative estimate of drug-likeness (QED) is 0.416. The number of amides is 3. The maximum atomic E-state index is 13.3. The molecule has 1 fully saturated rings. The normalized spacial score (nSPS) is 15.5. The second kappa shape index (κ2) is 8.53. The number of carbonyl (C=O) groups excluding carboxylic acids is 3. The minimum atomic E-state index is -0.532. The molecule has 36 heavy (non-hydrogen) atoms. The van der Waals surface area contributed by atoms with Crippen LogP contribution in [0, 0.1) is 5.82 Å². The van der Waals surface area contributed by atoms with Gasteiger partial charge in [0.25, 0.3) is 17.7 Å². The van der Waals surface area contributed by atoms with Gasteiger partial charge < -0.3 is 9.80 Å². The van der Waals surface area contributed by atoms with Crippen LogP contribution in [-0.2, 0) is 0 Å². The average molecular weight is 481 g/mol. The van der Waals surface area contributed by atoms with Crippen molar-refractivity contribution in [2.75, 3.05) is 36.0 Å². The molecule has 1 aromatic heterocycles. The van der Waals surface area contributed by atoms with Crippen LogP contribution in [0.15, 0.2) is 72.9 Å². The number of piperazine rings is 1. The van der Waals surface area contributed by atoms with Gasteiger partial charge in [0.2, 0.25) is 0 Å². The van der Waals surface area contributed by atoms with Crippen LogP contribution in [-0.4, -0.2) is 58.8 Å². The Bertz CT molecular complexity index is 1530. The van der Waals surface area contributed by atoms with Gasteiger partial charge in [0.1, 0.15) is 11.6 Å². The second-order valence-electron chi connectivity index (χ2n) is 8.68.